The summed E-state index contributed by atoms with van der Waals surface area (Å²) < 4.78 is 0. The lowest BCUT2D eigenvalue weighted by Gasteiger charge is -2.38. The fraction of sp³-hybridized carbons (Fsp3) is 0.571. The SMILES string of the molecule is CN(C)CCC(=O)Nc1ccc(C=O)c(N=CN(C)CC2(O)CCN(C)CC2)c1. The Labute approximate surface area is 173 Å². The number of aliphatic imine (C=N–C) groups is 1. The number of hydrogen-bond acceptors (Lipinski definition) is 6. The molecule has 1 aromatic carbocycles. The molecule has 0 saturated carbocycles. The number of likely N-dealkylation sites (tertiary alicyclic amines) is 1. The van der Waals surface area contributed by atoms with E-state index in [2.05, 4.69) is 22.3 Å². The van der Waals surface area contributed by atoms with Crippen molar-refractivity contribution in [2.24, 2.45) is 4.99 Å². The average Bonchev–Trinajstić information content (AvgIpc) is 2.67. The Morgan fingerprint density at radius 3 is 2.62 bits per heavy atom. The molecule has 8 nitrogen and oxygen atoms in total. The molecule has 0 aromatic heterocycles. The lowest BCUT2D eigenvalue weighted by molar-refractivity contribution is -0.116. The number of aliphatic hydroxyl groups is 1. The zero-order valence-electron chi connectivity index (χ0n) is 17.9. The normalized spacial score (nSPS) is 16.9. The van der Waals surface area contributed by atoms with Gasteiger partial charge >= 0.3 is 0 Å². The van der Waals surface area contributed by atoms with Crippen molar-refractivity contribution in [1.82, 2.24) is 14.7 Å². The van der Waals surface area contributed by atoms with Gasteiger partial charge in [0.2, 0.25) is 5.91 Å². The molecule has 1 amide bonds. The second-order valence-corrected chi connectivity index (χ2v) is 8.18. The Kier molecular flexibility index (Phi) is 8.31. The third-order valence-corrected chi connectivity index (χ3v) is 5.08. The lowest BCUT2D eigenvalue weighted by Crippen LogP contribution is -2.49. The van der Waals surface area contributed by atoms with Crippen LogP contribution in [0.1, 0.15) is 29.6 Å². The Hall–Kier alpha value is -2.29. The zero-order chi connectivity index (χ0) is 21.4. The molecule has 2 rings (SSSR count). The molecule has 8 heteroatoms. The van der Waals surface area contributed by atoms with Crippen molar-refractivity contribution < 1.29 is 14.7 Å². The minimum absolute atomic E-state index is 0.0888. The van der Waals surface area contributed by atoms with Crippen molar-refractivity contribution in [3.8, 4) is 0 Å². The molecule has 1 fully saturated rings. The predicted molar refractivity (Wildman–Crippen MR) is 116 cm³/mol. The van der Waals surface area contributed by atoms with Crippen molar-refractivity contribution >= 4 is 29.9 Å². The van der Waals surface area contributed by atoms with Crippen molar-refractivity contribution in [2.75, 3.05) is 59.7 Å². The second-order valence-electron chi connectivity index (χ2n) is 8.18. The molecule has 2 N–H and O–H groups in total. The van der Waals surface area contributed by atoms with E-state index < -0.39 is 5.60 Å². The van der Waals surface area contributed by atoms with Crippen LogP contribution in [-0.4, -0.2) is 98.3 Å². The summed E-state index contributed by atoms with van der Waals surface area (Å²) in [4.78, 5) is 33.8. The summed E-state index contributed by atoms with van der Waals surface area (Å²) in [7, 11) is 7.74. The van der Waals surface area contributed by atoms with E-state index in [1.165, 1.54) is 0 Å². The van der Waals surface area contributed by atoms with Gasteiger partial charge in [-0.2, -0.15) is 0 Å². The molecule has 0 radical (unpaired) electrons. The minimum Gasteiger partial charge on any atom is -0.388 e. The maximum Gasteiger partial charge on any atom is 0.225 e. The Morgan fingerprint density at radius 2 is 2.00 bits per heavy atom. The Bertz CT molecular complexity index is 727. The molecule has 160 valence electrons. The van der Waals surface area contributed by atoms with E-state index in [1.54, 1.807) is 24.5 Å². The van der Waals surface area contributed by atoms with Crippen molar-refractivity contribution in [3.63, 3.8) is 0 Å². The number of piperidine rings is 1. The van der Waals surface area contributed by atoms with Gasteiger partial charge in [-0.05, 0) is 52.2 Å². The van der Waals surface area contributed by atoms with Crippen LogP contribution in [0.5, 0.6) is 0 Å². The van der Waals surface area contributed by atoms with E-state index in [1.807, 2.05) is 30.9 Å². The van der Waals surface area contributed by atoms with Gasteiger partial charge in [0, 0.05) is 50.9 Å². The van der Waals surface area contributed by atoms with Crippen molar-refractivity contribution in [2.45, 2.75) is 24.9 Å². The number of rotatable bonds is 9. The van der Waals surface area contributed by atoms with Gasteiger partial charge in [0.05, 0.1) is 17.6 Å². The second kappa shape index (κ2) is 10.5. The molecular formula is C21H33N5O3. The van der Waals surface area contributed by atoms with Crippen LogP contribution in [-0.2, 0) is 4.79 Å². The van der Waals surface area contributed by atoms with Gasteiger partial charge in [0.15, 0.2) is 6.29 Å². The van der Waals surface area contributed by atoms with Crippen molar-refractivity contribution in [1.29, 1.82) is 0 Å². The first kappa shape index (κ1) is 23.0. The zero-order valence-corrected chi connectivity index (χ0v) is 17.9. The van der Waals surface area contributed by atoms with Crippen LogP contribution >= 0.6 is 0 Å². The summed E-state index contributed by atoms with van der Waals surface area (Å²) in [5.41, 5.74) is 0.790. The Balaban J connectivity index is 2.02. The van der Waals surface area contributed by atoms with Crippen LogP contribution in [0, 0.1) is 0 Å². The number of likely N-dealkylation sites (N-methyl/N-ethyl adjacent to an activating group) is 1. The van der Waals surface area contributed by atoms with E-state index >= 15 is 0 Å². The van der Waals surface area contributed by atoms with E-state index in [0.29, 0.717) is 36.4 Å². The fourth-order valence-corrected chi connectivity index (χ4v) is 3.24. The highest BCUT2D eigenvalue weighted by atomic mass is 16.3. The van der Waals surface area contributed by atoms with Gasteiger partial charge in [0.1, 0.15) is 0 Å². The molecule has 1 saturated heterocycles. The number of amides is 1. The number of nitrogens with zero attached hydrogens (tertiary/aromatic N) is 4. The minimum atomic E-state index is -0.733. The van der Waals surface area contributed by atoms with Crippen LogP contribution in [0.25, 0.3) is 0 Å². The molecule has 0 atom stereocenters. The van der Waals surface area contributed by atoms with Crippen LogP contribution in [0.2, 0.25) is 0 Å². The van der Waals surface area contributed by atoms with Gasteiger partial charge in [-0.3, -0.25) is 9.59 Å². The standard InChI is InChI=1S/C21H33N5O3/c1-24(2)10-7-20(28)23-18-6-5-17(14-27)19(13-18)22-16-26(4)15-21(29)8-11-25(3)12-9-21/h5-6,13-14,16,29H,7-12,15H2,1-4H3,(H,23,28). The van der Waals surface area contributed by atoms with E-state index in [0.717, 1.165) is 32.2 Å². The lowest BCUT2D eigenvalue weighted by atomic mass is 9.91. The molecule has 0 bridgehead atoms. The van der Waals surface area contributed by atoms with Crippen molar-refractivity contribution in [3.05, 3.63) is 23.8 Å². The fourth-order valence-electron chi connectivity index (χ4n) is 3.24. The van der Waals surface area contributed by atoms with Gasteiger partial charge < -0.3 is 25.1 Å². The first-order valence-electron chi connectivity index (χ1n) is 9.90. The highest BCUT2D eigenvalue weighted by molar-refractivity contribution is 5.93. The summed E-state index contributed by atoms with van der Waals surface area (Å²) in [5, 5.41) is 13.6. The molecule has 1 aliphatic rings. The Morgan fingerprint density at radius 1 is 1.31 bits per heavy atom. The number of hydrogen-bond donors (Lipinski definition) is 2. The van der Waals surface area contributed by atoms with Crippen LogP contribution < -0.4 is 5.32 Å². The first-order valence-corrected chi connectivity index (χ1v) is 9.90. The molecule has 29 heavy (non-hydrogen) atoms. The maximum absolute atomic E-state index is 12.0. The van der Waals surface area contributed by atoms with Crippen LogP contribution in [0.3, 0.4) is 0 Å². The van der Waals surface area contributed by atoms with Crippen LogP contribution in [0.4, 0.5) is 11.4 Å². The van der Waals surface area contributed by atoms with E-state index in [4.69, 9.17) is 0 Å². The summed E-state index contributed by atoms with van der Waals surface area (Å²) in [6.07, 6.45) is 4.19. The van der Waals surface area contributed by atoms with E-state index in [-0.39, 0.29) is 5.91 Å². The number of benzene rings is 1. The number of carbonyl (C=O) groups excluding carboxylic acids is 2. The van der Waals surface area contributed by atoms with Gasteiger partial charge in [-0.25, -0.2) is 4.99 Å². The first-order chi connectivity index (χ1) is 13.7. The molecule has 0 aliphatic carbocycles. The molecule has 1 aromatic rings. The summed E-state index contributed by atoms with van der Waals surface area (Å²) in [6.45, 7) is 2.87. The highest BCUT2D eigenvalue weighted by Crippen LogP contribution is 2.24. The highest BCUT2D eigenvalue weighted by Gasteiger charge is 2.31. The molecule has 1 heterocycles. The quantitative estimate of drug-likeness (QED) is 0.369. The topological polar surface area (TPSA) is 88.5 Å². The molecule has 1 aliphatic heterocycles. The molecule has 0 unspecified atom stereocenters. The molecule has 0 spiro atoms. The molecular weight excluding hydrogens is 370 g/mol. The van der Waals surface area contributed by atoms with Gasteiger partial charge in [0.25, 0.3) is 0 Å². The average molecular weight is 404 g/mol. The smallest absolute Gasteiger partial charge is 0.225 e. The summed E-state index contributed by atoms with van der Waals surface area (Å²) in [5.74, 6) is -0.0888. The van der Waals surface area contributed by atoms with E-state index in [9.17, 15) is 14.7 Å². The van der Waals surface area contributed by atoms with Gasteiger partial charge in [-0.1, -0.05) is 0 Å². The largest absolute Gasteiger partial charge is 0.388 e. The van der Waals surface area contributed by atoms with Crippen LogP contribution in [0.15, 0.2) is 23.2 Å². The number of anilines is 1. The monoisotopic (exact) mass is 403 g/mol. The summed E-state index contributed by atoms with van der Waals surface area (Å²) in [6, 6.07) is 5.03. The number of carbonyl (C=O) groups is 2. The predicted octanol–water partition coefficient (Wildman–Crippen LogP) is 1.44. The number of nitrogens with one attached hydrogen (secondary N) is 1. The van der Waals surface area contributed by atoms with Gasteiger partial charge in [-0.15, -0.1) is 0 Å². The number of aldehydes is 1. The third kappa shape index (κ3) is 7.56. The third-order valence-electron chi connectivity index (χ3n) is 5.08. The summed E-state index contributed by atoms with van der Waals surface area (Å²) >= 11 is 0. The maximum atomic E-state index is 12.0.